The number of rotatable bonds is 16. The van der Waals surface area contributed by atoms with Crippen LogP contribution in [0, 0.1) is 35.7 Å². The summed E-state index contributed by atoms with van der Waals surface area (Å²) >= 11 is 12.1. The normalized spacial score (nSPS) is 11.9. The lowest BCUT2D eigenvalue weighted by Gasteiger charge is -2.32. The molecule has 556 valence electrons. The van der Waals surface area contributed by atoms with Crippen molar-refractivity contribution in [1.29, 1.82) is 0 Å². The van der Waals surface area contributed by atoms with E-state index in [1.54, 1.807) is 69.3 Å². The topological polar surface area (TPSA) is 381 Å². The van der Waals surface area contributed by atoms with Gasteiger partial charge in [-0.2, -0.15) is 41.3 Å². The molecule has 11 rings (SSSR count). The van der Waals surface area contributed by atoms with E-state index < -0.39 is 90.1 Å². The highest BCUT2D eigenvalue weighted by Gasteiger charge is 2.52. The number of nitrogen functional groups attached to an aromatic ring is 2. The fourth-order valence-electron chi connectivity index (χ4n) is 7.18. The van der Waals surface area contributed by atoms with Crippen LogP contribution in [0.1, 0.15) is 55.4 Å². The highest BCUT2D eigenvalue weighted by molar-refractivity contribution is 9.11. The minimum Gasteiger partial charge on any atom is -0.466 e. The Morgan fingerprint density at radius 3 is 1.42 bits per heavy atom. The Labute approximate surface area is 623 Å². The first kappa shape index (κ1) is 86.7. The second kappa shape index (κ2) is 44.0. The molecule has 0 radical (unpaired) electrons. The van der Waals surface area contributed by atoms with Gasteiger partial charge in [-0.25, -0.2) is 39.1 Å². The smallest absolute Gasteiger partial charge is 0.466 e. The van der Waals surface area contributed by atoms with Gasteiger partial charge < -0.3 is 59.0 Å². The van der Waals surface area contributed by atoms with E-state index >= 15 is 0 Å². The maximum absolute atomic E-state index is 14.2. The summed E-state index contributed by atoms with van der Waals surface area (Å²) in [4.78, 5) is 89.1. The highest BCUT2D eigenvalue weighted by Crippen LogP contribution is 2.37. The van der Waals surface area contributed by atoms with Crippen LogP contribution in [0.15, 0.2) is 151 Å². The summed E-state index contributed by atoms with van der Waals surface area (Å²) in [7, 11) is -0.841. The van der Waals surface area contributed by atoms with Gasteiger partial charge in [0.1, 0.15) is 22.8 Å². The van der Waals surface area contributed by atoms with Gasteiger partial charge in [-0.15, -0.1) is 0 Å². The summed E-state index contributed by atoms with van der Waals surface area (Å²) in [5, 5.41) is 7.99. The Hall–Kier alpha value is -9.74. The number of aliphatic hydroxyl groups excluding tert-OH is 1. The number of aromatic amines is 1. The number of nitrogens with zero attached hydrogens (tertiary/aromatic N) is 11. The molecular formula is C64H67BBr4F6N14O15. The summed E-state index contributed by atoms with van der Waals surface area (Å²) < 4.78 is 128. The minimum atomic E-state index is -0.841. The average Bonchev–Trinajstić information content (AvgIpc) is 1.62. The van der Waals surface area contributed by atoms with Gasteiger partial charge in [-0.1, -0.05) is 12.1 Å². The number of esters is 4. The number of nitrogens with two attached hydrogens (primary N) is 2. The van der Waals surface area contributed by atoms with Crippen molar-refractivity contribution in [2.24, 2.45) is 0 Å². The van der Waals surface area contributed by atoms with Crippen molar-refractivity contribution < 1.29 is 93.1 Å². The molecule has 0 bridgehead atoms. The van der Waals surface area contributed by atoms with Crippen LogP contribution in [0.2, 0.25) is 0 Å². The van der Waals surface area contributed by atoms with E-state index in [4.69, 9.17) is 49.6 Å². The van der Waals surface area contributed by atoms with Gasteiger partial charge in [0.05, 0.1) is 87.1 Å². The number of anilines is 2. The second-order valence-electron chi connectivity index (χ2n) is 20.5. The van der Waals surface area contributed by atoms with Gasteiger partial charge in [0, 0.05) is 54.5 Å². The molecule has 0 aliphatic carbocycles. The van der Waals surface area contributed by atoms with Crippen molar-refractivity contribution in [2.75, 3.05) is 64.3 Å². The molecule has 0 spiro atoms. The van der Waals surface area contributed by atoms with Gasteiger partial charge >= 0.3 is 31.0 Å². The fraction of sp³-hybridized carbons (Fsp3) is 0.281. The van der Waals surface area contributed by atoms with Crippen molar-refractivity contribution in [3.05, 3.63) is 192 Å². The number of halogens is 10. The van der Waals surface area contributed by atoms with E-state index in [1.165, 1.54) is 85.1 Å². The fourth-order valence-corrected chi connectivity index (χ4v) is 8.25. The summed E-state index contributed by atoms with van der Waals surface area (Å²) in [6.07, 6.45) is 13.4. The molecule has 0 amide bonds. The van der Waals surface area contributed by atoms with Gasteiger partial charge in [0.25, 0.3) is 0 Å². The molecule has 0 saturated carbocycles. The van der Waals surface area contributed by atoms with Crippen LogP contribution in [0.25, 0.3) is 22.6 Å². The van der Waals surface area contributed by atoms with E-state index in [9.17, 15) is 50.3 Å². The van der Waals surface area contributed by atoms with Crippen molar-refractivity contribution in [3.63, 3.8) is 0 Å². The zero-order valence-electron chi connectivity index (χ0n) is 56.4. The van der Waals surface area contributed by atoms with Gasteiger partial charge in [-0.3, -0.25) is 28.5 Å². The molecule has 0 unspecified atom stereocenters. The Morgan fingerprint density at radius 2 is 0.990 bits per heavy atom. The number of carbonyl (C=O) groups excluding carboxylic acids is 4. The molecule has 0 aromatic carbocycles. The molecule has 11 heterocycles. The van der Waals surface area contributed by atoms with Crippen LogP contribution in [0.3, 0.4) is 0 Å². The molecule has 1 saturated heterocycles. The number of H-pyrrole nitrogens is 1. The molecule has 104 heavy (non-hydrogen) atoms. The van der Waals surface area contributed by atoms with Crippen LogP contribution in [0.4, 0.5) is 38.0 Å². The molecule has 6 N–H and O–H groups in total. The van der Waals surface area contributed by atoms with E-state index in [0.717, 1.165) is 10.3 Å². The molecule has 40 heteroatoms. The summed E-state index contributed by atoms with van der Waals surface area (Å²) in [5.41, 5.74) is 11.2. The van der Waals surface area contributed by atoms with Crippen molar-refractivity contribution in [3.8, 4) is 28.9 Å². The lowest BCUT2D eigenvalue weighted by atomic mass is 9.80. The summed E-state index contributed by atoms with van der Waals surface area (Å²) in [5.74, 6) is -5.60. The first-order chi connectivity index (χ1) is 49.3. The average molecular weight is 1720 g/mol. The van der Waals surface area contributed by atoms with Crippen molar-refractivity contribution in [1.82, 2.24) is 58.6 Å². The Bertz CT molecular complexity index is 4450. The van der Waals surface area contributed by atoms with Crippen LogP contribution < -0.4 is 36.7 Å². The molecule has 29 nitrogen and oxygen atoms in total. The third kappa shape index (κ3) is 29.6. The second-order valence-corrected chi connectivity index (χ2v) is 23.9. The lowest BCUT2D eigenvalue weighted by molar-refractivity contribution is -0.146. The number of aromatic nitrogens is 12. The van der Waals surface area contributed by atoms with Gasteiger partial charge in [0.15, 0.2) is 31.1 Å². The number of nitrogens with one attached hydrogen (secondary N) is 1. The highest BCUT2D eigenvalue weighted by atomic mass is 79.9. The number of pyridine rings is 6. The Balaban J connectivity index is 0.000000262. The number of hydrogen-bond acceptors (Lipinski definition) is 26. The molecule has 10 aromatic rings. The first-order valence-electron chi connectivity index (χ1n) is 30.2. The van der Waals surface area contributed by atoms with E-state index in [0.29, 0.717) is 22.4 Å². The number of ether oxygens (including phenoxy) is 7. The number of imidazole rings is 2. The standard InChI is InChI=1S/C15H21BFNO5.C15H13FN4O3.C9H9BrFNO3.C6H4BrN3.C5H4BrFN2.C5H3BrFNO.C5H5FN2.C4H8O3/c1-6-20-12(19)9-21-11-8-7-10(13(17)18-11)16-22-14(2,3)15(4,5)23-16;1-2-22-14(21)9-23-13-4-3-10(15(16)19-13)11-7-18-12-8-17-5-6-20(11)12;1-2-14-8(13)5-15-7-4-3-6(10)9(11)12-7;7-5-3-9-6-4-8-1-2-10(5)6;6-3-1-2-4(8)9-5(3)7;6-3-1-2-4(9)8-5(3)7;6-4-2-1-3-5(7)8-4;1-2-7-4(6)3-5/h7-8H,6,9H2,1-5H3;3-8H,2,9H2,1H3;3-4H,2,5H2,1H3;1-4H;1-2H,(H2,8,9);1-2H,(H,8,9);1-3H,(H2,7,8);5H,2-3H2,1H3. The maximum atomic E-state index is 14.2. The number of fused-ring (bicyclic) bond motifs is 2. The number of carbonyl (C=O) groups is 4. The largest absolute Gasteiger partial charge is 0.499 e. The van der Waals surface area contributed by atoms with Crippen LogP contribution in [-0.4, -0.2) is 159 Å². The molecule has 0 atom stereocenters. The first-order valence-corrected chi connectivity index (χ1v) is 33.3. The Morgan fingerprint density at radius 1 is 0.538 bits per heavy atom. The predicted octanol–water partition coefficient (Wildman–Crippen LogP) is 9.94. The molecular weight excluding hydrogens is 1650 g/mol. The molecule has 1 aliphatic rings. The Kier molecular flexibility index (Phi) is 36.7. The molecule has 1 aliphatic heterocycles. The third-order valence-electron chi connectivity index (χ3n) is 12.6. The minimum absolute atomic E-state index is 0.00387. The van der Waals surface area contributed by atoms with Crippen molar-refractivity contribution >= 4 is 123 Å². The number of hydrogen-bond donors (Lipinski definition) is 4. The van der Waals surface area contributed by atoms with Crippen molar-refractivity contribution in [2.45, 2.75) is 66.6 Å². The predicted molar refractivity (Wildman–Crippen MR) is 378 cm³/mol. The maximum Gasteiger partial charge on any atom is 0.499 e. The van der Waals surface area contributed by atoms with Crippen LogP contribution >= 0.6 is 63.7 Å². The lowest BCUT2D eigenvalue weighted by Crippen LogP contribution is -2.41. The summed E-state index contributed by atoms with van der Waals surface area (Å²) in [6.45, 7) is 14.0. The molecule has 1 fully saturated rings. The van der Waals surface area contributed by atoms with Gasteiger partial charge in [-0.05, 0) is 162 Å². The van der Waals surface area contributed by atoms with E-state index in [2.05, 4.69) is 118 Å². The summed E-state index contributed by atoms with van der Waals surface area (Å²) in [6, 6.07) is 18.8. The zero-order valence-corrected chi connectivity index (χ0v) is 62.7. The van der Waals surface area contributed by atoms with Crippen LogP contribution in [0.5, 0.6) is 17.6 Å². The van der Waals surface area contributed by atoms with Gasteiger partial charge in [0.2, 0.25) is 58.9 Å². The van der Waals surface area contributed by atoms with E-state index in [1.807, 2.05) is 43.3 Å². The third-order valence-corrected chi connectivity index (χ3v) is 15.0. The molecule has 10 aromatic heterocycles. The van der Waals surface area contributed by atoms with Crippen LogP contribution in [-0.2, 0) is 47.4 Å². The number of aliphatic hydroxyl groups is 1. The zero-order chi connectivity index (χ0) is 77.1. The SMILES string of the molecule is Brc1cnc2cnccn12.CCOC(=O)CO.CCOC(=O)COc1ccc(-c2cnc3cnccn23)c(F)n1.CCOC(=O)COc1ccc(B2OC(C)(C)C(C)(C)O2)c(F)n1.CCOC(=O)COc1ccc(Br)c(F)n1.Nc1ccc(Br)c(F)n1.Nc1cccc(F)n1.O=c1ccc(Br)c(F)[nH]1. The van der Waals surface area contributed by atoms with E-state index in [-0.39, 0.29) is 88.9 Å². The quantitative estimate of drug-likeness (QED) is 0.0230. The monoisotopic (exact) mass is 1710 g/mol.